The largest absolute Gasteiger partial charge is 0.490 e. The van der Waals surface area contributed by atoms with Crippen LogP contribution in [0.1, 0.15) is 49.3 Å². The molecule has 6 nitrogen and oxygen atoms in total. The number of piperidine rings is 1. The number of hydrogen-bond acceptors (Lipinski definition) is 6. The van der Waals surface area contributed by atoms with Crippen molar-refractivity contribution in [1.29, 1.82) is 0 Å². The Balaban J connectivity index is 1.21. The summed E-state index contributed by atoms with van der Waals surface area (Å²) < 4.78 is 14.2. The van der Waals surface area contributed by atoms with Crippen LogP contribution in [0.5, 0.6) is 5.75 Å². The van der Waals surface area contributed by atoms with Crippen molar-refractivity contribution in [3.63, 3.8) is 0 Å². The quantitative estimate of drug-likeness (QED) is 0.590. The number of nitrogens with zero attached hydrogens (tertiary/aromatic N) is 3. The Morgan fingerprint density at radius 2 is 1.78 bits per heavy atom. The van der Waals surface area contributed by atoms with Gasteiger partial charge in [0.1, 0.15) is 22.9 Å². The Morgan fingerprint density at radius 3 is 2.50 bits per heavy atom. The third kappa shape index (κ3) is 3.66. The molecule has 0 aliphatic carbocycles. The molecule has 3 fully saturated rings. The first kappa shape index (κ1) is 20.4. The highest BCUT2D eigenvalue weighted by molar-refractivity contribution is 7.19. The molecule has 5 heterocycles. The molecule has 3 saturated heterocycles. The van der Waals surface area contributed by atoms with Crippen LogP contribution in [0.25, 0.3) is 15.9 Å². The Hall–Kier alpha value is -2.22. The van der Waals surface area contributed by atoms with E-state index in [0.29, 0.717) is 18.0 Å². The average Bonchev–Trinajstić information content (AvgIpc) is 3.33. The van der Waals surface area contributed by atoms with Gasteiger partial charge in [0.15, 0.2) is 0 Å². The van der Waals surface area contributed by atoms with E-state index in [2.05, 4.69) is 23.0 Å². The third-order valence-corrected chi connectivity index (χ3v) is 8.83. The van der Waals surface area contributed by atoms with Crippen molar-refractivity contribution in [3.8, 4) is 11.4 Å². The molecule has 168 valence electrons. The summed E-state index contributed by atoms with van der Waals surface area (Å²) in [5, 5.41) is 0. The summed E-state index contributed by atoms with van der Waals surface area (Å²) in [6.07, 6.45) is 8.74. The van der Waals surface area contributed by atoms with Crippen LogP contribution in [0.3, 0.4) is 0 Å². The maximum Gasteiger partial charge on any atom is 0.275 e. The van der Waals surface area contributed by atoms with Gasteiger partial charge >= 0.3 is 0 Å². The van der Waals surface area contributed by atoms with Crippen molar-refractivity contribution in [2.24, 2.45) is 0 Å². The lowest BCUT2D eigenvalue weighted by Crippen LogP contribution is -2.43. The van der Waals surface area contributed by atoms with Crippen molar-refractivity contribution < 1.29 is 9.47 Å². The van der Waals surface area contributed by atoms with E-state index in [-0.39, 0.29) is 11.7 Å². The monoisotopic (exact) mass is 451 g/mol. The first-order valence-corrected chi connectivity index (χ1v) is 12.6. The molecule has 3 aromatic rings. The van der Waals surface area contributed by atoms with E-state index in [1.807, 2.05) is 24.3 Å². The lowest BCUT2D eigenvalue weighted by Gasteiger charge is -2.36. The standard InChI is InChI=1S/C25H29N3O3S/c1-27-18-2-3-19(27)13-21(12-18)31-20-6-4-17(5-7-20)28-15-26-22-14-23(32-24(22)25(28)29)16-8-10-30-11-9-16/h4-7,14-16,18-19,21H,2-3,8-13H2,1H3/t18-,19+,21?. The maximum absolute atomic E-state index is 13.2. The van der Waals surface area contributed by atoms with Crippen LogP contribution in [0.4, 0.5) is 0 Å². The van der Waals surface area contributed by atoms with Gasteiger partial charge in [-0.3, -0.25) is 9.36 Å². The van der Waals surface area contributed by atoms with Crippen LogP contribution in [-0.4, -0.2) is 52.9 Å². The molecule has 0 saturated carbocycles. The number of aromatic nitrogens is 2. The fraction of sp³-hybridized carbons (Fsp3) is 0.520. The summed E-state index contributed by atoms with van der Waals surface area (Å²) in [5.41, 5.74) is 1.62. The minimum Gasteiger partial charge on any atom is -0.490 e. The lowest BCUT2D eigenvalue weighted by atomic mass is 9.99. The van der Waals surface area contributed by atoms with Crippen LogP contribution in [-0.2, 0) is 4.74 Å². The second kappa shape index (κ2) is 8.28. The Labute approximate surface area is 191 Å². The van der Waals surface area contributed by atoms with E-state index in [4.69, 9.17) is 9.47 Å². The maximum atomic E-state index is 13.2. The molecule has 0 radical (unpaired) electrons. The molecule has 7 heteroatoms. The number of fused-ring (bicyclic) bond motifs is 3. The van der Waals surface area contributed by atoms with Gasteiger partial charge in [-0.1, -0.05) is 0 Å². The summed E-state index contributed by atoms with van der Waals surface area (Å²) in [6.45, 7) is 1.59. The van der Waals surface area contributed by atoms with E-state index >= 15 is 0 Å². The molecular formula is C25H29N3O3S. The minimum absolute atomic E-state index is 0.00105. The first-order chi connectivity index (χ1) is 15.7. The van der Waals surface area contributed by atoms with E-state index in [9.17, 15) is 4.79 Å². The molecule has 3 aliphatic rings. The number of thiophene rings is 1. The van der Waals surface area contributed by atoms with Crippen molar-refractivity contribution in [2.45, 2.75) is 62.6 Å². The fourth-order valence-electron chi connectivity index (χ4n) is 5.63. The zero-order valence-electron chi connectivity index (χ0n) is 18.4. The predicted octanol–water partition coefficient (Wildman–Crippen LogP) is 4.35. The van der Waals surface area contributed by atoms with Crippen LogP contribution in [0.2, 0.25) is 0 Å². The molecule has 2 aromatic heterocycles. The van der Waals surface area contributed by atoms with Gasteiger partial charge in [-0.25, -0.2) is 4.98 Å². The van der Waals surface area contributed by atoms with E-state index in [1.54, 1.807) is 22.2 Å². The molecule has 1 aromatic carbocycles. The van der Waals surface area contributed by atoms with Crippen molar-refractivity contribution in [1.82, 2.24) is 14.5 Å². The molecular weight excluding hydrogens is 422 g/mol. The van der Waals surface area contributed by atoms with E-state index in [1.165, 1.54) is 17.7 Å². The molecule has 0 amide bonds. The van der Waals surface area contributed by atoms with Gasteiger partial charge in [-0.05, 0) is 81.8 Å². The smallest absolute Gasteiger partial charge is 0.275 e. The van der Waals surface area contributed by atoms with Gasteiger partial charge in [-0.2, -0.15) is 0 Å². The van der Waals surface area contributed by atoms with Gasteiger partial charge in [-0.15, -0.1) is 11.3 Å². The lowest BCUT2D eigenvalue weighted by molar-refractivity contribution is 0.0662. The topological polar surface area (TPSA) is 56.6 Å². The van der Waals surface area contributed by atoms with Crippen LogP contribution >= 0.6 is 11.3 Å². The van der Waals surface area contributed by atoms with Crippen LogP contribution in [0.15, 0.2) is 41.5 Å². The van der Waals surface area contributed by atoms with Crippen LogP contribution < -0.4 is 10.3 Å². The highest BCUT2D eigenvalue weighted by Crippen LogP contribution is 2.36. The SMILES string of the molecule is CN1[C@@H]2CC[C@H]1CC(Oc1ccc(-n3cnc4cc(C5CCOCC5)sc4c3=O)cc1)C2. The van der Waals surface area contributed by atoms with Crippen molar-refractivity contribution >= 4 is 21.6 Å². The third-order valence-electron chi connectivity index (χ3n) is 7.55. The van der Waals surface area contributed by atoms with Gasteiger partial charge in [0.2, 0.25) is 0 Å². The molecule has 1 unspecified atom stereocenters. The Kier molecular flexibility index (Phi) is 5.28. The Morgan fingerprint density at radius 1 is 1.06 bits per heavy atom. The number of rotatable bonds is 4. The number of benzene rings is 1. The van der Waals surface area contributed by atoms with E-state index in [0.717, 1.165) is 60.6 Å². The average molecular weight is 452 g/mol. The summed E-state index contributed by atoms with van der Waals surface area (Å²) in [7, 11) is 2.25. The highest BCUT2D eigenvalue weighted by atomic mass is 32.1. The molecule has 6 rings (SSSR count). The summed E-state index contributed by atoms with van der Waals surface area (Å²) in [6, 6.07) is 11.3. The summed E-state index contributed by atoms with van der Waals surface area (Å²) in [5.74, 6) is 1.35. The van der Waals surface area contributed by atoms with E-state index < -0.39 is 0 Å². The zero-order valence-corrected chi connectivity index (χ0v) is 19.2. The number of hydrogen-bond donors (Lipinski definition) is 0. The van der Waals surface area contributed by atoms with Crippen LogP contribution in [0, 0.1) is 0 Å². The molecule has 32 heavy (non-hydrogen) atoms. The second-order valence-electron chi connectivity index (χ2n) is 9.43. The summed E-state index contributed by atoms with van der Waals surface area (Å²) in [4.78, 5) is 21.6. The van der Waals surface area contributed by atoms with Crippen molar-refractivity contribution in [3.05, 3.63) is 51.9 Å². The molecule has 3 aliphatic heterocycles. The molecule has 2 bridgehead atoms. The fourth-order valence-corrected chi connectivity index (χ4v) is 6.84. The van der Waals surface area contributed by atoms with Gasteiger partial charge < -0.3 is 14.4 Å². The Bertz CT molecular complexity index is 1150. The number of ether oxygens (including phenoxy) is 2. The molecule has 3 atom stereocenters. The molecule has 0 spiro atoms. The first-order valence-electron chi connectivity index (χ1n) is 11.7. The van der Waals surface area contributed by atoms with Gasteiger partial charge in [0, 0.05) is 30.2 Å². The van der Waals surface area contributed by atoms with Gasteiger partial charge in [0.05, 0.1) is 11.2 Å². The van der Waals surface area contributed by atoms with Crippen molar-refractivity contribution in [2.75, 3.05) is 20.3 Å². The second-order valence-corrected chi connectivity index (χ2v) is 10.5. The summed E-state index contributed by atoms with van der Waals surface area (Å²) >= 11 is 1.59. The minimum atomic E-state index is -0.00105. The zero-order chi connectivity index (χ0) is 21.7. The normalized spacial score (nSPS) is 26.6. The highest BCUT2D eigenvalue weighted by Gasteiger charge is 2.39. The van der Waals surface area contributed by atoms with Gasteiger partial charge in [0.25, 0.3) is 5.56 Å². The molecule has 0 N–H and O–H groups in total. The predicted molar refractivity (Wildman–Crippen MR) is 126 cm³/mol.